The second kappa shape index (κ2) is 6.07. The fraction of sp³-hybridized carbons (Fsp3) is 0.375. The number of rotatable bonds is 4. The number of halogens is 1. The molecule has 0 spiro atoms. The molecule has 0 aliphatic rings. The maximum absolute atomic E-state index is 11.5. The van der Waals surface area contributed by atoms with Gasteiger partial charge in [0.15, 0.2) is 5.69 Å². The largest absolute Gasteiger partial charge is 0.359 e. The molecule has 0 atom stereocenters. The third-order valence-corrected chi connectivity index (χ3v) is 3.14. The molecule has 0 fully saturated rings. The highest BCUT2D eigenvalue weighted by Gasteiger charge is 2.15. The standard InChI is InChI=1S/C8H10ClN3O2S2/c1-10-4(13)2-3-11-7(14)5-6(9)16-8(15)12-5/h2-3H2,1H3,(H,10,13)(H,11,14)(H,12,15). The Morgan fingerprint density at radius 1 is 1.56 bits per heavy atom. The van der Waals surface area contributed by atoms with Crippen LogP contribution in [0.3, 0.4) is 0 Å². The van der Waals surface area contributed by atoms with Crippen LogP contribution in [0.2, 0.25) is 4.34 Å². The van der Waals surface area contributed by atoms with Crippen LogP contribution in [0.15, 0.2) is 4.34 Å². The Hall–Kier alpha value is -0.790. The first-order chi connectivity index (χ1) is 7.54. The van der Waals surface area contributed by atoms with Crippen molar-refractivity contribution in [2.24, 2.45) is 0 Å². The zero-order valence-corrected chi connectivity index (χ0v) is 10.9. The molecule has 0 aromatic carbocycles. The highest BCUT2D eigenvalue weighted by Crippen LogP contribution is 2.26. The van der Waals surface area contributed by atoms with E-state index in [2.05, 4.69) is 28.2 Å². The minimum Gasteiger partial charge on any atom is -0.359 e. The van der Waals surface area contributed by atoms with Crippen LogP contribution in [0, 0.1) is 0 Å². The highest BCUT2D eigenvalue weighted by atomic mass is 35.5. The second-order valence-electron chi connectivity index (χ2n) is 2.80. The summed E-state index contributed by atoms with van der Waals surface area (Å²) in [6, 6.07) is 0. The van der Waals surface area contributed by atoms with E-state index in [1.807, 2.05) is 0 Å². The lowest BCUT2D eigenvalue weighted by Crippen LogP contribution is -2.29. The van der Waals surface area contributed by atoms with Gasteiger partial charge in [0.25, 0.3) is 5.91 Å². The molecule has 5 nitrogen and oxygen atoms in total. The van der Waals surface area contributed by atoms with Crippen molar-refractivity contribution in [1.29, 1.82) is 0 Å². The third-order valence-electron chi connectivity index (χ3n) is 1.71. The number of nitrogens with zero attached hydrogens (tertiary/aromatic N) is 1. The number of carbonyl (C=O) groups is 2. The van der Waals surface area contributed by atoms with Gasteiger partial charge in [-0.3, -0.25) is 9.59 Å². The fourth-order valence-corrected chi connectivity index (χ4v) is 2.34. The van der Waals surface area contributed by atoms with Crippen molar-refractivity contribution in [1.82, 2.24) is 15.6 Å². The molecule has 2 N–H and O–H groups in total. The van der Waals surface area contributed by atoms with Crippen molar-refractivity contribution in [2.45, 2.75) is 10.8 Å². The van der Waals surface area contributed by atoms with E-state index in [0.717, 1.165) is 11.3 Å². The smallest absolute Gasteiger partial charge is 0.272 e. The molecular formula is C8H10ClN3O2S2. The first kappa shape index (κ1) is 13.3. The summed E-state index contributed by atoms with van der Waals surface area (Å²) >= 11 is 10.9. The SMILES string of the molecule is CNC(=O)CCNC(=O)c1nc(S)sc1Cl. The Balaban J connectivity index is 2.47. The van der Waals surface area contributed by atoms with Crippen LogP contribution in [0.4, 0.5) is 0 Å². The molecule has 0 aliphatic heterocycles. The van der Waals surface area contributed by atoms with Crippen LogP contribution in [0.5, 0.6) is 0 Å². The minimum atomic E-state index is -0.398. The van der Waals surface area contributed by atoms with Crippen molar-refractivity contribution in [3.05, 3.63) is 10.0 Å². The Morgan fingerprint density at radius 2 is 2.25 bits per heavy atom. The van der Waals surface area contributed by atoms with Gasteiger partial charge in [-0.1, -0.05) is 22.9 Å². The lowest BCUT2D eigenvalue weighted by molar-refractivity contribution is -0.120. The number of carbonyl (C=O) groups excluding carboxylic acids is 2. The Morgan fingerprint density at radius 3 is 2.75 bits per heavy atom. The highest BCUT2D eigenvalue weighted by molar-refractivity contribution is 7.82. The average Bonchev–Trinajstić information content (AvgIpc) is 2.57. The number of hydrogen-bond acceptors (Lipinski definition) is 5. The zero-order chi connectivity index (χ0) is 12.1. The van der Waals surface area contributed by atoms with Crippen molar-refractivity contribution in [2.75, 3.05) is 13.6 Å². The van der Waals surface area contributed by atoms with Gasteiger partial charge in [-0.2, -0.15) is 0 Å². The lowest BCUT2D eigenvalue weighted by Gasteiger charge is -2.02. The predicted octanol–water partition coefficient (Wildman–Crippen LogP) is 0.951. The van der Waals surface area contributed by atoms with Gasteiger partial charge in [0.05, 0.1) is 0 Å². The number of hydrogen-bond donors (Lipinski definition) is 3. The van der Waals surface area contributed by atoms with E-state index in [1.54, 1.807) is 0 Å². The van der Waals surface area contributed by atoms with Gasteiger partial charge in [0.2, 0.25) is 5.91 Å². The maximum Gasteiger partial charge on any atom is 0.272 e. The van der Waals surface area contributed by atoms with Crippen LogP contribution >= 0.6 is 35.6 Å². The molecule has 16 heavy (non-hydrogen) atoms. The molecule has 1 aromatic heterocycles. The molecule has 0 saturated carbocycles. The van der Waals surface area contributed by atoms with E-state index in [4.69, 9.17) is 11.6 Å². The third kappa shape index (κ3) is 3.66. The first-order valence-corrected chi connectivity index (χ1v) is 6.03. The molecule has 0 saturated heterocycles. The second-order valence-corrected chi connectivity index (χ2v) is 5.13. The summed E-state index contributed by atoms with van der Waals surface area (Å²) in [5.41, 5.74) is 0.147. The van der Waals surface area contributed by atoms with Gasteiger partial charge in [-0.05, 0) is 0 Å². The van der Waals surface area contributed by atoms with E-state index in [0.29, 0.717) is 8.68 Å². The molecule has 88 valence electrons. The number of thiol groups is 1. The van der Waals surface area contributed by atoms with Gasteiger partial charge >= 0.3 is 0 Å². The van der Waals surface area contributed by atoms with E-state index in [-0.39, 0.29) is 24.6 Å². The van der Waals surface area contributed by atoms with E-state index in [9.17, 15) is 9.59 Å². The average molecular weight is 280 g/mol. The van der Waals surface area contributed by atoms with Crippen molar-refractivity contribution >= 4 is 47.4 Å². The van der Waals surface area contributed by atoms with Gasteiger partial charge in [0, 0.05) is 20.0 Å². The topological polar surface area (TPSA) is 71.1 Å². The summed E-state index contributed by atoms with van der Waals surface area (Å²) in [6.07, 6.45) is 0.220. The van der Waals surface area contributed by atoms with Crippen molar-refractivity contribution < 1.29 is 9.59 Å². The molecule has 0 aliphatic carbocycles. The summed E-state index contributed by atoms with van der Waals surface area (Å²) in [7, 11) is 1.54. The molecule has 8 heteroatoms. The van der Waals surface area contributed by atoms with Gasteiger partial charge in [-0.25, -0.2) is 4.98 Å². The van der Waals surface area contributed by atoms with Crippen molar-refractivity contribution in [3.8, 4) is 0 Å². The molecule has 0 bridgehead atoms. The monoisotopic (exact) mass is 279 g/mol. The molecule has 1 aromatic rings. The number of thiazole rings is 1. The Bertz CT molecular complexity index is 408. The van der Waals surface area contributed by atoms with Gasteiger partial charge < -0.3 is 10.6 Å². The molecule has 2 amide bonds. The van der Waals surface area contributed by atoms with E-state index < -0.39 is 5.91 Å². The van der Waals surface area contributed by atoms with E-state index >= 15 is 0 Å². The molecular weight excluding hydrogens is 270 g/mol. The van der Waals surface area contributed by atoms with Gasteiger partial charge in [-0.15, -0.1) is 12.6 Å². The molecule has 1 heterocycles. The Kier molecular flexibility index (Phi) is 5.04. The predicted molar refractivity (Wildman–Crippen MR) is 65.4 cm³/mol. The molecule has 0 unspecified atom stereocenters. The summed E-state index contributed by atoms with van der Waals surface area (Å²) in [6.45, 7) is 0.244. The Labute approximate surface area is 107 Å². The maximum atomic E-state index is 11.5. The summed E-state index contributed by atoms with van der Waals surface area (Å²) in [5.74, 6) is -0.537. The number of amides is 2. The summed E-state index contributed by atoms with van der Waals surface area (Å²) in [4.78, 5) is 26.3. The van der Waals surface area contributed by atoms with Crippen LogP contribution < -0.4 is 10.6 Å². The van der Waals surface area contributed by atoms with Crippen LogP contribution in [0.25, 0.3) is 0 Å². The fourth-order valence-electron chi connectivity index (χ4n) is 0.929. The minimum absolute atomic E-state index is 0.139. The van der Waals surface area contributed by atoms with Crippen LogP contribution in [0.1, 0.15) is 16.9 Å². The van der Waals surface area contributed by atoms with Crippen molar-refractivity contribution in [3.63, 3.8) is 0 Å². The normalized spacial score (nSPS) is 9.94. The first-order valence-electron chi connectivity index (χ1n) is 4.38. The molecule has 1 rings (SSSR count). The zero-order valence-electron chi connectivity index (χ0n) is 8.41. The van der Waals surface area contributed by atoms with Crippen LogP contribution in [-0.4, -0.2) is 30.4 Å². The quantitative estimate of drug-likeness (QED) is 0.719. The molecule has 0 radical (unpaired) electrons. The summed E-state index contributed by atoms with van der Waals surface area (Å²) in [5, 5.41) is 5.00. The number of nitrogens with one attached hydrogen (secondary N) is 2. The van der Waals surface area contributed by atoms with Crippen LogP contribution in [-0.2, 0) is 4.79 Å². The summed E-state index contributed by atoms with van der Waals surface area (Å²) < 4.78 is 0.726. The van der Waals surface area contributed by atoms with Gasteiger partial charge in [0.1, 0.15) is 8.68 Å². The lowest BCUT2D eigenvalue weighted by atomic mass is 10.4. The van der Waals surface area contributed by atoms with E-state index in [1.165, 1.54) is 7.05 Å². The number of aromatic nitrogens is 1.